The normalized spacial score (nSPS) is 7.64. The van der Waals surface area contributed by atoms with Crippen LogP contribution in [0.3, 0.4) is 0 Å². The van der Waals surface area contributed by atoms with Crippen LogP contribution in [0.2, 0.25) is 0 Å². The van der Waals surface area contributed by atoms with Gasteiger partial charge in [-0.2, -0.15) is 0 Å². The summed E-state index contributed by atoms with van der Waals surface area (Å²) < 4.78 is 4.19. The molecule has 0 aliphatic carbocycles. The molecule has 0 fully saturated rings. The molecule has 0 bridgehead atoms. The first-order valence-corrected chi connectivity index (χ1v) is 3.65. The Morgan fingerprint density at radius 3 is 2.27 bits per heavy atom. The number of alkyl carbamates (subject to hydrolysis) is 1. The molecule has 4 nitrogen and oxygen atoms in total. The fraction of sp³-hybridized carbons (Fsp3) is 0.857. The van der Waals surface area contributed by atoms with Crippen LogP contribution >= 0.6 is 0 Å². The first-order chi connectivity index (χ1) is 5.22. The summed E-state index contributed by atoms with van der Waals surface area (Å²) in [5.41, 5.74) is 0. The molecular weight excluding hydrogens is 146 g/mol. The fourth-order valence-corrected chi connectivity index (χ4v) is 0.230. The summed E-state index contributed by atoms with van der Waals surface area (Å²) in [6.45, 7) is 4.43. The topological polar surface area (TPSA) is 58.6 Å². The number of ether oxygens (including phenoxy) is 1. The third-order valence-electron chi connectivity index (χ3n) is 0.567. The molecule has 1 amide bonds. The molecule has 0 radical (unpaired) electrons. The van der Waals surface area contributed by atoms with E-state index in [9.17, 15) is 4.79 Å². The van der Waals surface area contributed by atoms with E-state index in [1.54, 1.807) is 0 Å². The van der Waals surface area contributed by atoms with Crippen LogP contribution in [0.4, 0.5) is 4.79 Å². The Bertz CT molecular complexity index is 85.8. The summed E-state index contributed by atoms with van der Waals surface area (Å²) >= 11 is 0. The zero-order valence-electron chi connectivity index (χ0n) is 7.39. The van der Waals surface area contributed by atoms with E-state index in [1.807, 2.05) is 0 Å². The van der Waals surface area contributed by atoms with Crippen molar-refractivity contribution in [2.75, 3.05) is 20.3 Å². The van der Waals surface area contributed by atoms with Gasteiger partial charge in [0.25, 0.3) is 0 Å². The van der Waals surface area contributed by atoms with Crippen molar-refractivity contribution in [2.45, 2.75) is 20.3 Å². The third-order valence-corrected chi connectivity index (χ3v) is 0.567. The number of rotatable bonds is 2. The minimum absolute atomic E-state index is 0.0604. The Balaban J connectivity index is 0. The van der Waals surface area contributed by atoms with Gasteiger partial charge in [-0.15, -0.1) is 0 Å². The van der Waals surface area contributed by atoms with Gasteiger partial charge in [-0.1, -0.05) is 20.3 Å². The highest BCUT2D eigenvalue weighted by atomic mass is 16.5. The lowest BCUT2D eigenvalue weighted by Gasteiger charge is -1.97. The Kier molecular flexibility index (Phi) is 14.0. The van der Waals surface area contributed by atoms with Crippen molar-refractivity contribution >= 4 is 6.09 Å². The monoisotopic (exact) mass is 163 g/mol. The van der Waals surface area contributed by atoms with Gasteiger partial charge in [0, 0.05) is 6.54 Å². The van der Waals surface area contributed by atoms with Gasteiger partial charge in [0.1, 0.15) is 0 Å². The molecule has 0 saturated heterocycles. The highest BCUT2D eigenvalue weighted by Crippen LogP contribution is 1.66. The summed E-state index contributed by atoms with van der Waals surface area (Å²) in [7, 11) is 1.27. The van der Waals surface area contributed by atoms with Crippen LogP contribution in [0.25, 0.3) is 0 Å². The van der Waals surface area contributed by atoms with Crippen LogP contribution < -0.4 is 5.32 Å². The van der Waals surface area contributed by atoms with Crippen molar-refractivity contribution in [1.29, 1.82) is 0 Å². The Hall–Kier alpha value is -0.770. The van der Waals surface area contributed by atoms with E-state index >= 15 is 0 Å². The van der Waals surface area contributed by atoms with Crippen molar-refractivity contribution in [1.82, 2.24) is 5.32 Å². The van der Waals surface area contributed by atoms with Crippen LogP contribution in [-0.2, 0) is 4.74 Å². The van der Waals surface area contributed by atoms with Gasteiger partial charge in [0.15, 0.2) is 0 Å². The second-order valence-corrected chi connectivity index (χ2v) is 1.85. The Morgan fingerprint density at radius 2 is 2.00 bits per heavy atom. The Labute approximate surface area is 67.6 Å². The lowest BCUT2D eigenvalue weighted by atomic mass is 10.6. The van der Waals surface area contributed by atoms with Crippen LogP contribution in [0.15, 0.2) is 0 Å². The van der Waals surface area contributed by atoms with Crippen molar-refractivity contribution in [3.05, 3.63) is 0 Å². The smallest absolute Gasteiger partial charge is 0.406 e. The summed E-state index contributed by atoms with van der Waals surface area (Å²) in [5.74, 6) is 0. The van der Waals surface area contributed by atoms with Crippen LogP contribution in [0.1, 0.15) is 20.3 Å². The quantitative estimate of drug-likeness (QED) is 0.631. The highest BCUT2D eigenvalue weighted by molar-refractivity contribution is 5.66. The van der Waals surface area contributed by atoms with E-state index in [0.29, 0.717) is 0 Å². The number of hydrogen-bond donors (Lipinski definition) is 2. The molecule has 4 heteroatoms. The molecule has 0 spiro atoms. The van der Waals surface area contributed by atoms with Crippen LogP contribution in [0, 0.1) is 0 Å². The number of methoxy groups -OCH3 is 1. The second kappa shape index (κ2) is 12.0. The van der Waals surface area contributed by atoms with Gasteiger partial charge in [-0.05, 0) is 0 Å². The molecule has 0 unspecified atom stereocenters. The van der Waals surface area contributed by atoms with E-state index in [-0.39, 0.29) is 13.2 Å². The van der Waals surface area contributed by atoms with Crippen molar-refractivity contribution in [3.8, 4) is 0 Å². The second-order valence-electron chi connectivity index (χ2n) is 1.85. The van der Waals surface area contributed by atoms with E-state index in [1.165, 1.54) is 13.5 Å². The van der Waals surface area contributed by atoms with E-state index in [2.05, 4.69) is 23.9 Å². The standard InChI is InChI=1S/C4H9NO3.C3H8/c1-8-4(7)5-2-3-6;1-3-2/h6H,2-3H2,1H3,(H,5,7);3H2,1-2H3. The number of aliphatic hydroxyl groups is 1. The minimum Gasteiger partial charge on any atom is -0.453 e. The number of carbonyl (C=O) groups is 1. The lowest BCUT2D eigenvalue weighted by molar-refractivity contribution is 0.167. The molecule has 0 atom stereocenters. The predicted octanol–water partition coefficient (Wildman–Crippen LogP) is 0.751. The number of aliphatic hydroxyl groups excluding tert-OH is 1. The Morgan fingerprint density at radius 1 is 1.55 bits per heavy atom. The van der Waals surface area contributed by atoms with Gasteiger partial charge in [-0.25, -0.2) is 4.79 Å². The number of carbonyl (C=O) groups excluding carboxylic acids is 1. The number of nitrogens with one attached hydrogen (secondary N) is 1. The molecule has 0 aromatic carbocycles. The molecule has 0 aliphatic rings. The maximum atomic E-state index is 10.1. The van der Waals surface area contributed by atoms with Gasteiger partial charge >= 0.3 is 6.09 Å². The van der Waals surface area contributed by atoms with Crippen molar-refractivity contribution < 1.29 is 14.6 Å². The van der Waals surface area contributed by atoms with E-state index in [0.717, 1.165) is 0 Å². The van der Waals surface area contributed by atoms with Gasteiger partial charge in [0.2, 0.25) is 0 Å². The molecule has 0 aromatic heterocycles. The SMILES string of the molecule is CCC.COC(=O)NCCO. The zero-order chi connectivity index (χ0) is 9.11. The molecule has 0 aromatic rings. The maximum absolute atomic E-state index is 10.1. The molecule has 2 N–H and O–H groups in total. The maximum Gasteiger partial charge on any atom is 0.406 e. The number of hydrogen-bond acceptors (Lipinski definition) is 3. The zero-order valence-corrected chi connectivity index (χ0v) is 7.39. The molecule has 0 aliphatic heterocycles. The number of amides is 1. The van der Waals surface area contributed by atoms with Gasteiger partial charge in [0.05, 0.1) is 13.7 Å². The summed E-state index contributed by atoms with van der Waals surface area (Å²) in [5, 5.41) is 10.4. The third kappa shape index (κ3) is 17.6. The minimum atomic E-state index is -0.515. The van der Waals surface area contributed by atoms with E-state index < -0.39 is 6.09 Å². The fourth-order valence-electron chi connectivity index (χ4n) is 0.230. The van der Waals surface area contributed by atoms with Crippen LogP contribution in [0.5, 0.6) is 0 Å². The molecular formula is C7H17NO3. The summed E-state index contributed by atoms with van der Waals surface area (Å²) in [6, 6.07) is 0. The summed E-state index contributed by atoms with van der Waals surface area (Å²) in [4.78, 5) is 10.1. The van der Waals surface area contributed by atoms with Crippen LogP contribution in [-0.4, -0.2) is 31.5 Å². The largest absolute Gasteiger partial charge is 0.453 e. The molecule has 0 rings (SSSR count). The lowest BCUT2D eigenvalue weighted by Crippen LogP contribution is -2.25. The molecule has 11 heavy (non-hydrogen) atoms. The van der Waals surface area contributed by atoms with Crippen molar-refractivity contribution in [3.63, 3.8) is 0 Å². The molecule has 68 valence electrons. The van der Waals surface area contributed by atoms with E-state index in [4.69, 9.17) is 5.11 Å². The van der Waals surface area contributed by atoms with Gasteiger partial charge < -0.3 is 15.2 Å². The first kappa shape index (κ1) is 12.9. The highest BCUT2D eigenvalue weighted by Gasteiger charge is 1.92. The van der Waals surface area contributed by atoms with Crippen molar-refractivity contribution in [2.24, 2.45) is 0 Å². The summed E-state index contributed by atoms with van der Waals surface area (Å²) in [6.07, 6.45) is 0.735. The molecule has 0 saturated carbocycles. The van der Waals surface area contributed by atoms with Gasteiger partial charge in [-0.3, -0.25) is 0 Å². The first-order valence-electron chi connectivity index (χ1n) is 3.65. The average molecular weight is 163 g/mol. The molecule has 0 heterocycles. The predicted molar refractivity (Wildman–Crippen MR) is 43.5 cm³/mol. The average Bonchev–Trinajstić information content (AvgIpc) is 2.02.